The van der Waals surface area contributed by atoms with Crippen molar-refractivity contribution < 1.29 is 18.3 Å². The van der Waals surface area contributed by atoms with Gasteiger partial charge >= 0.3 is 0 Å². The Morgan fingerprint density at radius 1 is 1.53 bits per heavy atom. The van der Waals surface area contributed by atoms with Crippen LogP contribution in [0.15, 0.2) is 0 Å². The van der Waals surface area contributed by atoms with Crippen LogP contribution < -0.4 is 0 Å². The number of likely N-dealkylation sites (tertiary alicyclic amines) is 1. The first-order valence-corrected chi connectivity index (χ1v) is 7.08. The van der Waals surface area contributed by atoms with E-state index in [9.17, 15) is 13.2 Å². The van der Waals surface area contributed by atoms with Crippen molar-refractivity contribution >= 4 is 15.7 Å². The van der Waals surface area contributed by atoms with Gasteiger partial charge in [-0.15, -0.1) is 0 Å². The van der Waals surface area contributed by atoms with Crippen LogP contribution in [0.2, 0.25) is 0 Å². The number of hydrogen-bond acceptors (Lipinski definition) is 4. The highest BCUT2D eigenvalue weighted by molar-refractivity contribution is 7.90. The van der Waals surface area contributed by atoms with Gasteiger partial charge in [-0.3, -0.25) is 4.79 Å². The van der Waals surface area contributed by atoms with Crippen molar-refractivity contribution in [2.75, 3.05) is 25.2 Å². The summed E-state index contributed by atoms with van der Waals surface area (Å²) in [7, 11) is -3.08. The van der Waals surface area contributed by atoms with Crippen molar-refractivity contribution in [1.82, 2.24) is 4.90 Å². The van der Waals surface area contributed by atoms with Gasteiger partial charge in [0.15, 0.2) is 0 Å². The third-order valence-corrected chi connectivity index (χ3v) is 3.54. The molecule has 88 valence electrons. The molecule has 1 fully saturated rings. The molecule has 6 heteroatoms. The van der Waals surface area contributed by atoms with Crippen molar-refractivity contribution in [3.63, 3.8) is 0 Å². The van der Waals surface area contributed by atoms with Crippen LogP contribution in [0.4, 0.5) is 0 Å². The molecule has 1 heterocycles. The van der Waals surface area contributed by atoms with Crippen molar-refractivity contribution in [2.45, 2.75) is 25.3 Å². The molecular formula is C9H17NO4S. The Morgan fingerprint density at radius 2 is 2.20 bits per heavy atom. The molecule has 0 saturated carbocycles. The molecule has 1 saturated heterocycles. The zero-order valence-corrected chi connectivity index (χ0v) is 9.66. The number of hydrogen-bond donors (Lipinski definition) is 1. The molecule has 0 aromatic heterocycles. The van der Waals surface area contributed by atoms with Gasteiger partial charge in [0.05, 0.1) is 18.4 Å². The zero-order chi connectivity index (χ0) is 11.5. The predicted molar refractivity (Wildman–Crippen MR) is 56.1 cm³/mol. The molecule has 5 nitrogen and oxygen atoms in total. The van der Waals surface area contributed by atoms with E-state index in [0.717, 1.165) is 19.1 Å². The van der Waals surface area contributed by atoms with E-state index in [0.29, 0.717) is 6.54 Å². The summed E-state index contributed by atoms with van der Waals surface area (Å²) in [4.78, 5) is 13.2. The van der Waals surface area contributed by atoms with E-state index in [4.69, 9.17) is 5.11 Å². The standard InChI is InChI=1S/C9H17NO4S/c1-15(13,14)6-4-9(12)10-5-2-3-8(10)7-11/h8,11H,2-7H2,1H3. The number of amides is 1. The topological polar surface area (TPSA) is 74.7 Å². The maximum Gasteiger partial charge on any atom is 0.223 e. The fourth-order valence-corrected chi connectivity index (χ4v) is 2.32. The number of rotatable bonds is 4. The molecule has 1 amide bonds. The second-order valence-electron chi connectivity index (χ2n) is 3.95. The summed E-state index contributed by atoms with van der Waals surface area (Å²) in [6, 6.07) is -0.114. The van der Waals surface area contributed by atoms with Crippen LogP contribution in [-0.4, -0.2) is 55.5 Å². The molecule has 0 aliphatic carbocycles. The van der Waals surface area contributed by atoms with Gasteiger partial charge in [0.2, 0.25) is 5.91 Å². The Morgan fingerprint density at radius 3 is 2.73 bits per heavy atom. The quantitative estimate of drug-likeness (QED) is 0.706. The molecular weight excluding hydrogens is 218 g/mol. The summed E-state index contributed by atoms with van der Waals surface area (Å²) >= 11 is 0. The van der Waals surface area contributed by atoms with E-state index in [2.05, 4.69) is 0 Å². The van der Waals surface area contributed by atoms with Gasteiger partial charge in [-0.25, -0.2) is 8.42 Å². The van der Waals surface area contributed by atoms with E-state index in [1.807, 2.05) is 0 Å². The van der Waals surface area contributed by atoms with E-state index in [1.165, 1.54) is 0 Å². The van der Waals surface area contributed by atoms with Crippen molar-refractivity contribution in [1.29, 1.82) is 0 Å². The first-order chi connectivity index (χ1) is 6.94. The maximum atomic E-state index is 11.6. The van der Waals surface area contributed by atoms with Crippen LogP contribution in [0.5, 0.6) is 0 Å². The second kappa shape index (κ2) is 4.94. The number of carbonyl (C=O) groups excluding carboxylic acids is 1. The third-order valence-electron chi connectivity index (χ3n) is 2.59. The lowest BCUT2D eigenvalue weighted by Gasteiger charge is -2.22. The normalized spacial score (nSPS) is 22.0. The lowest BCUT2D eigenvalue weighted by Crippen LogP contribution is -2.38. The number of sulfone groups is 1. The zero-order valence-electron chi connectivity index (χ0n) is 8.85. The predicted octanol–water partition coefficient (Wildman–Crippen LogP) is -0.596. The minimum atomic E-state index is -3.08. The highest BCUT2D eigenvalue weighted by atomic mass is 32.2. The molecule has 0 aromatic carbocycles. The molecule has 1 N–H and O–H groups in total. The van der Waals surface area contributed by atoms with Crippen molar-refractivity contribution in [3.05, 3.63) is 0 Å². The van der Waals surface area contributed by atoms with E-state index in [1.54, 1.807) is 4.90 Å². The largest absolute Gasteiger partial charge is 0.394 e. The average Bonchev–Trinajstić information content (AvgIpc) is 2.60. The summed E-state index contributed by atoms with van der Waals surface area (Å²) in [5.41, 5.74) is 0. The average molecular weight is 235 g/mol. The molecule has 1 rings (SSSR count). The Labute approximate surface area is 90.0 Å². The fraction of sp³-hybridized carbons (Fsp3) is 0.889. The van der Waals surface area contributed by atoms with Gasteiger partial charge in [0.1, 0.15) is 9.84 Å². The molecule has 1 aliphatic rings. The first kappa shape index (κ1) is 12.4. The Kier molecular flexibility index (Phi) is 4.10. The van der Waals surface area contributed by atoms with E-state index < -0.39 is 9.84 Å². The maximum absolute atomic E-state index is 11.6. The van der Waals surface area contributed by atoms with Gasteiger partial charge in [-0.05, 0) is 12.8 Å². The molecule has 1 atom stereocenters. The lowest BCUT2D eigenvalue weighted by molar-refractivity contribution is -0.132. The summed E-state index contributed by atoms with van der Waals surface area (Å²) in [5, 5.41) is 9.00. The summed E-state index contributed by atoms with van der Waals surface area (Å²) in [6.45, 7) is 0.596. The Balaban J connectivity index is 2.46. The third kappa shape index (κ3) is 3.79. The Bertz CT molecular complexity index is 325. The number of aliphatic hydroxyl groups is 1. The molecule has 1 unspecified atom stereocenters. The van der Waals surface area contributed by atoms with Gasteiger partial charge in [-0.1, -0.05) is 0 Å². The van der Waals surface area contributed by atoms with Crippen LogP contribution in [0, 0.1) is 0 Å². The highest BCUT2D eigenvalue weighted by Gasteiger charge is 2.27. The molecule has 0 radical (unpaired) electrons. The number of aliphatic hydroxyl groups excluding tert-OH is 1. The van der Waals surface area contributed by atoms with E-state index in [-0.39, 0.29) is 30.7 Å². The minimum absolute atomic E-state index is 0.0231. The van der Waals surface area contributed by atoms with Crippen LogP contribution >= 0.6 is 0 Å². The molecule has 0 spiro atoms. The monoisotopic (exact) mass is 235 g/mol. The number of carbonyl (C=O) groups is 1. The molecule has 1 aliphatic heterocycles. The van der Waals surface area contributed by atoms with Crippen LogP contribution in [0.3, 0.4) is 0 Å². The lowest BCUT2D eigenvalue weighted by atomic mass is 10.2. The summed E-state index contributed by atoms with van der Waals surface area (Å²) in [6.07, 6.45) is 2.83. The second-order valence-corrected chi connectivity index (χ2v) is 6.21. The number of nitrogens with zero attached hydrogens (tertiary/aromatic N) is 1. The highest BCUT2D eigenvalue weighted by Crippen LogP contribution is 2.17. The SMILES string of the molecule is CS(=O)(=O)CCC(=O)N1CCCC1CO. The summed E-state index contributed by atoms with van der Waals surface area (Å²) in [5.74, 6) is -0.280. The molecule has 15 heavy (non-hydrogen) atoms. The van der Waals surface area contributed by atoms with E-state index >= 15 is 0 Å². The van der Waals surface area contributed by atoms with Gasteiger partial charge in [-0.2, -0.15) is 0 Å². The van der Waals surface area contributed by atoms with Gasteiger partial charge < -0.3 is 10.0 Å². The van der Waals surface area contributed by atoms with Gasteiger partial charge in [0, 0.05) is 19.2 Å². The minimum Gasteiger partial charge on any atom is -0.394 e. The first-order valence-electron chi connectivity index (χ1n) is 5.02. The Hall–Kier alpha value is -0.620. The van der Waals surface area contributed by atoms with Crippen molar-refractivity contribution in [2.24, 2.45) is 0 Å². The van der Waals surface area contributed by atoms with Crippen LogP contribution in [0.1, 0.15) is 19.3 Å². The van der Waals surface area contributed by atoms with Crippen molar-refractivity contribution in [3.8, 4) is 0 Å². The van der Waals surface area contributed by atoms with Gasteiger partial charge in [0.25, 0.3) is 0 Å². The van der Waals surface area contributed by atoms with Crippen LogP contribution in [0.25, 0.3) is 0 Å². The smallest absolute Gasteiger partial charge is 0.223 e. The fourth-order valence-electron chi connectivity index (χ4n) is 1.77. The molecule has 0 aromatic rings. The van der Waals surface area contributed by atoms with Crippen LogP contribution in [-0.2, 0) is 14.6 Å². The summed E-state index contributed by atoms with van der Waals surface area (Å²) < 4.78 is 21.8. The molecule has 0 bridgehead atoms.